The topological polar surface area (TPSA) is 98.0 Å². The summed E-state index contributed by atoms with van der Waals surface area (Å²) < 4.78 is 10.5. The lowest BCUT2D eigenvalue weighted by molar-refractivity contribution is -0.116. The second-order valence-electron chi connectivity index (χ2n) is 5.89. The van der Waals surface area contributed by atoms with E-state index in [0.29, 0.717) is 30.2 Å². The molecule has 0 aromatic heterocycles. The molecule has 0 heterocycles. The van der Waals surface area contributed by atoms with E-state index in [0.717, 1.165) is 17.7 Å². The molecule has 27 heavy (non-hydrogen) atoms. The second kappa shape index (κ2) is 10.1. The highest BCUT2D eigenvalue weighted by molar-refractivity contribution is 5.94. The highest BCUT2D eigenvalue weighted by Crippen LogP contribution is 2.28. The van der Waals surface area contributed by atoms with Gasteiger partial charge in [-0.05, 0) is 36.2 Å². The Kier molecular flexibility index (Phi) is 7.49. The van der Waals surface area contributed by atoms with Crippen molar-refractivity contribution in [3.8, 4) is 11.5 Å². The van der Waals surface area contributed by atoms with E-state index in [2.05, 4.69) is 15.6 Å². The van der Waals surface area contributed by atoms with Crippen LogP contribution in [-0.2, 0) is 11.3 Å². The monoisotopic (exact) mass is 370 g/mol. The molecule has 0 aliphatic carbocycles. The summed E-state index contributed by atoms with van der Waals surface area (Å²) in [5.74, 6) is 1.61. The van der Waals surface area contributed by atoms with E-state index in [1.807, 2.05) is 31.2 Å². The molecule has 0 radical (unpaired) electrons. The lowest BCUT2D eigenvalue weighted by Gasteiger charge is -2.12. The number of anilines is 2. The first-order chi connectivity index (χ1) is 13.0. The molecule has 0 unspecified atom stereocenters. The Balaban J connectivity index is 1.98. The predicted octanol–water partition coefficient (Wildman–Crippen LogP) is 3.37. The van der Waals surface area contributed by atoms with Crippen molar-refractivity contribution in [3.63, 3.8) is 0 Å². The van der Waals surface area contributed by atoms with E-state index in [4.69, 9.17) is 15.2 Å². The number of guanidine groups is 1. The normalized spacial score (nSPS) is 11.0. The number of hydrogen-bond donors (Lipinski definition) is 3. The van der Waals surface area contributed by atoms with E-state index < -0.39 is 0 Å². The van der Waals surface area contributed by atoms with Gasteiger partial charge in [-0.2, -0.15) is 0 Å². The van der Waals surface area contributed by atoms with Crippen molar-refractivity contribution in [2.45, 2.75) is 26.3 Å². The van der Waals surface area contributed by atoms with Gasteiger partial charge in [0.1, 0.15) is 11.5 Å². The summed E-state index contributed by atoms with van der Waals surface area (Å²) >= 11 is 0. The molecule has 0 aliphatic heterocycles. The van der Waals surface area contributed by atoms with Crippen LogP contribution in [0.4, 0.5) is 11.4 Å². The van der Waals surface area contributed by atoms with Crippen LogP contribution in [0.15, 0.2) is 47.5 Å². The molecule has 2 aromatic carbocycles. The number of rotatable bonds is 8. The van der Waals surface area contributed by atoms with Crippen LogP contribution in [0.25, 0.3) is 0 Å². The van der Waals surface area contributed by atoms with Gasteiger partial charge in [-0.15, -0.1) is 0 Å². The number of amides is 1. The van der Waals surface area contributed by atoms with Crippen LogP contribution in [0.2, 0.25) is 0 Å². The highest BCUT2D eigenvalue weighted by atomic mass is 16.5. The number of aliphatic imine (C=N–C) groups is 1. The number of carbonyl (C=O) groups excluding carboxylic acids is 1. The fourth-order valence-electron chi connectivity index (χ4n) is 2.41. The summed E-state index contributed by atoms with van der Waals surface area (Å²) in [7, 11) is 3.18. The standard InChI is InChI=1S/C20H26N4O3/c1-4-5-19(25)23-15-8-6-14(7-9-15)13-22-20(21)24-17-12-16(26-2)10-11-18(17)27-3/h6-12H,4-5,13H2,1-3H3,(H,23,25)(H3,21,22,24). The van der Waals surface area contributed by atoms with Crippen molar-refractivity contribution in [1.82, 2.24) is 0 Å². The summed E-state index contributed by atoms with van der Waals surface area (Å²) in [6.07, 6.45) is 1.34. The van der Waals surface area contributed by atoms with Crippen molar-refractivity contribution in [3.05, 3.63) is 48.0 Å². The Morgan fingerprint density at radius 1 is 1.07 bits per heavy atom. The summed E-state index contributed by atoms with van der Waals surface area (Å²) in [6, 6.07) is 12.9. The van der Waals surface area contributed by atoms with Crippen LogP contribution < -0.4 is 25.8 Å². The molecule has 0 saturated heterocycles. The van der Waals surface area contributed by atoms with Gasteiger partial charge in [0.2, 0.25) is 5.91 Å². The third-order valence-electron chi connectivity index (χ3n) is 3.82. The summed E-state index contributed by atoms with van der Waals surface area (Å²) in [5.41, 5.74) is 8.41. The van der Waals surface area contributed by atoms with Gasteiger partial charge in [-0.1, -0.05) is 19.1 Å². The van der Waals surface area contributed by atoms with Gasteiger partial charge in [0.25, 0.3) is 0 Å². The summed E-state index contributed by atoms with van der Waals surface area (Å²) in [5, 5.41) is 5.88. The smallest absolute Gasteiger partial charge is 0.224 e. The molecule has 144 valence electrons. The Morgan fingerprint density at radius 2 is 1.81 bits per heavy atom. The largest absolute Gasteiger partial charge is 0.497 e. The zero-order chi connectivity index (χ0) is 19.6. The fourth-order valence-corrected chi connectivity index (χ4v) is 2.41. The fraction of sp³-hybridized carbons (Fsp3) is 0.300. The summed E-state index contributed by atoms with van der Waals surface area (Å²) in [4.78, 5) is 15.9. The first-order valence-corrected chi connectivity index (χ1v) is 8.73. The molecule has 0 fully saturated rings. The molecule has 7 heteroatoms. The van der Waals surface area contributed by atoms with E-state index in [-0.39, 0.29) is 11.9 Å². The van der Waals surface area contributed by atoms with Crippen LogP contribution in [0.3, 0.4) is 0 Å². The molecule has 0 saturated carbocycles. The Morgan fingerprint density at radius 3 is 2.44 bits per heavy atom. The SMILES string of the molecule is CCCC(=O)Nc1ccc(CN=C(N)Nc2cc(OC)ccc2OC)cc1. The number of nitrogens with one attached hydrogen (secondary N) is 2. The minimum Gasteiger partial charge on any atom is -0.497 e. The van der Waals surface area contributed by atoms with Crippen LogP contribution in [-0.4, -0.2) is 26.1 Å². The maximum absolute atomic E-state index is 11.6. The van der Waals surface area contributed by atoms with Gasteiger partial charge in [0.15, 0.2) is 5.96 Å². The van der Waals surface area contributed by atoms with Crippen molar-refractivity contribution in [2.75, 3.05) is 24.9 Å². The maximum atomic E-state index is 11.6. The Bertz CT molecular complexity index is 788. The van der Waals surface area contributed by atoms with Crippen molar-refractivity contribution >= 4 is 23.2 Å². The number of nitrogens with zero attached hydrogens (tertiary/aromatic N) is 1. The number of nitrogens with two attached hydrogens (primary N) is 1. The van der Waals surface area contributed by atoms with Gasteiger partial charge in [-0.3, -0.25) is 4.79 Å². The first kappa shape index (κ1) is 20.1. The quantitative estimate of drug-likeness (QED) is 0.489. The molecule has 1 amide bonds. The molecule has 2 rings (SSSR count). The Labute approximate surface area is 159 Å². The minimum atomic E-state index is 0.0175. The first-order valence-electron chi connectivity index (χ1n) is 8.73. The van der Waals surface area contributed by atoms with Crippen molar-refractivity contribution in [1.29, 1.82) is 0 Å². The zero-order valence-corrected chi connectivity index (χ0v) is 15.9. The van der Waals surface area contributed by atoms with Gasteiger partial charge in [0, 0.05) is 18.2 Å². The van der Waals surface area contributed by atoms with E-state index in [1.54, 1.807) is 32.4 Å². The number of carbonyl (C=O) groups is 1. The third kappa shape index (κ3) is 6.22. The number of ether oxygens (including phenoxy) is 2. The van der Waals surface area contributed by atoms with Gasteiger partial charge in [-0.25, -0.2) is 4.99 Å². The second-order valence-corrected chi connectivity index (χ2v) is 5.89. The number of hydrogen-bond acceptors (Lipinski definition) is 4. The average Bonchev–Trinajstić information content (AvgIpc) is 2.67. The van der Waals surface area contributed by atoms with Gasteiger partial charge >= 0.3 is 0 Å². The molecule has 2 aromatic rings. The van der Waals surface area contributed by atoms with Crippen LogP contribution in [0.1, 0.15) is 25.3 Å². The van der Waals surface area contributed by atoms with Crippen LogP contribution in [0, 0.1) is 0 Å². The van der Waals surface area contributed by atoms with Crippen LogP contribution >= 0.6 is 0 Å². The van der Waals surface area contributed by atoms with Crippen molar-refractivity contribution < 1.29 is 14.3 Å². The van der Waals surface area contributed by atoms with Gasteiger partial charge in [0.05, 0.1) is 26.5 Å². The highest BCUT2D eigenvalue weighted by Gasteiger charge is 2.06. The zero-order valence-electron chi connectivity index (χ0n) is 15.9. The maximum Gasteiger partial charge on any atom is 0.224 e. The summed E-state index contributed by atoms with van der Waals surface area (Å²) in [6.45, 7) is 2.38. The van der Waals surface area contributed by atoms with Crippen LogP contribution in [0.5, 0.6) is 11.5 Å². The molecule has 0 atom stereocenters. The lowest BCUT2D eigenvalue weighted by atomic mass is 10.2. The van der Waals surface area contributed by atoms with Gasteiger partial charge < -0.3 is 25.8 Å². The predicted molar refractivity (Wildman–Crippen MR) is 108 cm³/mol. The molecular formula is C20H26N4O3. The van der Waals surface area contributed by atoms with E-state index >= 15 is 0 Å². The number of methoxy groups -OCH3 is 2. The third-order valence-corrected chi connectivity index (χ3v) is 3.82. The molecule has 0 spiro atoms. The molecular weight excluding hydrogens is 344 g/mol. The lowest BCUT2D eigenvalue weighted by Crippen LogP contribution is -2.23. The molecule has 7 nitrogen and oxygen atoms in total. The molecule has 0 aliphatic rings. The minimum absolute atomic E-state index is 0.0175. The Hall–Kier alpha value is -3.22. The van der Waals surface area contributed by atoms with E-state index in [1.165, 1.54) is 0 Å². The molecule has 4 N–H and O–H groups in total. The van der Waals surface area contributed by atoms with Crippen molar-refractivity contribution in [2.24, 2.45) is 10.7 Å². The average molecular weight is 370 g/mol. The number of benzene rings is 2. The molecule has 0 bridgehead atoms. The van der Waals surface area contributed by atoms with E-state index in [9.17, 15) is 4.79 Å².